The van der Waals surface area contributed by atoms with Crippen molar-refractivity contribution in [1.82, 2.24) is 0 Å². The van der Waals surface area contributed by atoms with E-state index in [4.69, 9.17) is 0 Å². The summed E-state index contributed by atoms with van der Waals surface area (Å²) in [5.41, 5.74) is 0.456. The molecule has 0 aromatic heterocycles. The molecule has 1 N–H and O–H groups in total. The molecule has 2 heteroatoms. The van der Waals surface area contributed by atoms with E-state index >= 15 is 0 Å². The van der Waals surface area contributed by atoms with Gasteiger partial charge in [0.2, 0.25) is 5.91 Å². The highest BCUT2D eigenvalue weighted by Crippen LogP contribution is 2.47. The topological polar surface area (TPSA) is 29.1 Å². The average molecular weight is 275 g/mol. The minimum atomic E-state index is -0.416. The van der Waals surface area contributed by atoms with Gasteiger partial charge in [-0.25, -0.2) is 0 Å². The molecule has 1 unspecified atom stereocenters. The molecule has 0 saturated heterocycles. The number of amides is 1. The number of hydrogen-bond donors (Lipinski definition) is 1. The van der Waals surface area contributed by atoms with Gasteiger partial charge in [0.05, 0.1) is 5.41 Å². The second-order valence-electron chi connectivity index (χ2n) is 8.14. The van der Waals surface area contributed by atoms with E-state index in [2.05, 4.69) is 53.8 Å². The third-order valence-electron chi connectivity index (χ3n) is 4.07. The van der Waals surface area contributed by atoms with E-state index in [0.29, 0.717) is 0 Å². The largest absolute Gasteiger partial charge is 0.326 e. The maximum atomic E-state index is 12.8. The van der Waals surface area contributed by atoms with Crippen molar-refractivity contribution in [2.24, 2.45) is 16.2 Å². The highest BCUT2D eigenvalue weighted by molar-refractivity contribution is 5.95. The lowest BCUT2D eigenvalue weighted by molar-refractivity contribution is -0.133. The van der Waals surface area contributed by atoms with E-state index in [1.807, 2.05) is 30.3 Å². The fourth-order valence-corrected chi connectivity index (χ4v) is 2.54. The van der Waals surface area contributed by atoms with Crippen LogP contribution in [0.5, 0.6) is 0 Å². The summed E-state index contributed by atoms with van der Waals surface area (Å²) in [6.45, 7) is 15.1. The van der Waals surface area contributed by atoms with E-state index in [0.717, 1.165) is 12.1 Å². The van der Waals surface area contributed by atoms with Crippen molar-refractivity contribution in [3.05, 3.63) is 30.3 Å². The van der Waals surface area contributed by atoms with Crippen LogP contribution in [0.3, 0.4) is 0 Å². The SMILES string of the molecule is CC(C)(C)CC(C)(C(=O)Nc1ccccc1)C(C)(C)C. The second kappa shape index (κ2) is 5.59. The summed E-state index contributed by atoms with van der Waals surface area (Å²) in [5.74, 6) is 0.103. The zero-order valence-electron chi connectivity index (χ0n) is 14.0. The van der Waals surface area contributed by atoms with Crippen LogP contribution in [-0.4, -0.2) is 5.91 Å². The van der Waals surface area contributed by atoms with Gasteiger partial charge < -0.3 is 5.32 Å². The molecule has 112 valence electrons. The normalized spacial score (nSPS) is 15.6. The fraction of sp³-hybridized carbons (Fsp3) is 0.611. The van der Waals surface area contributed by atoms with Gasteiger partial charge in [0.15, 0.2) is 0 Å². The van der Waals surface area contributed by atoms with Gasteiger partial charge in [-0.2, -0.15) is 0 Å². The number of nitrogens with one attached hydrogen (secondary N) is 1. The highest BCUT2D eigenvalue weighted by atomic mass is 16.2. The summed E-state index contributed by atoms with van der Waals surface area (Å²) < 4.78 is 0. The molecule has 1 amide bonds. The molecule has 0 heterocycles. The second-order valence-corrected chi connectivity index (χ2v) is 8.14. The standard InChI is InChI=1S/C18H29NO/c1-16(2,3)13-18(7,17(4,5)6)15(20)19-14-11-9-8-10-12-14/h8-12H,13H2,1-7H3,(H,19,20). The van der Waals surface area contributed by atoms with Crippen molar-refractivity contribution in [2.45, 2.75) is 54.9 Å². The molecule has 0 fully saturated rings. The Kier molecular flexibility index (Phi) is 4.68. The maximum Gasteiger partial charge on any atom is 0.230 e. The summed E-state index contributed by atoms with van der Waals surface area (Å²) in [4.78, 5) is 12.8. The van der Waals surface area contributed by atoms with E-state index in [9.17, 15) is 4.79 Å². The van der Waals surface area contributed by atoms with Crippen molar-refractivity contribution < 1.29 is 4.79 Å². The van der Waals surface area contributed by atoms with Crippen LogP contribution in [0.15, 0.2) is 30.3 Å². The van der Waals surface area contributed by atoms with Crippen LogP contribution in [0, 0.1) is 16.2 Å². The molecule has 0 aliphatic rings. The Balaban J connectivity index is 3.03. The first-order valence-corrected chi connectivity index (χ1v) is 7.32. The summed E-state index contributed by atoms with van der Waals surface area (Å²) in [6, 6.07) is 9.69. The molecule has 1 aromatic rings. The Morgan fingerprint density at radius 3 is 1.85 bits per heavy atom. The molecule has 2 nitrogen and oxygen atoms in total. The number of carbonyl (C=O) groups is 1. The lowest BCUT2D eigenvalue weighted by Crippen LogP contribution is -2.46. The maximum absolute atomic E-state index is 12.8. The number of benzene rings is 1. The molecule has 0 spiro atoms. The lowest BCUT2D eigenvalue weighted by atomic mass is 9.61. The Bertz CT molecular complexity index is 451. The van der Waals surface area contributed by atoms with Gasteiger partial charge in [-0.1, -0.05) is 66.7 Å². The number of carbonyl (C=O) groups excluding carboxylic acids is 1. The van der Waals surface area contributed by atoms with E-state index in [-0.39, 0.29) is 16.7 Å². The molecule has 1 rings (SSSR count). The number of hydrogen-bond acceptors (Lipinski definition) is 1. The van der Waals surface area contributed by atoms with Crippen LogP contribution < -0.4 is 5.32 Å². The fourth-order valence-electron chi connectivity index (χ4n) is 2.54. The summed E-state index contributed by atoms with van der Waals surface area (Å²) >= 11 is 0. The van der Waals surface area contributed by atoms with Gasteiger partial charge in [0.25, 0.3) is 0 Å². The van der Waals surface area contributed by atoms with Crippen LogP contribution in [0.4, 0.5) is 5.69 Å². The molecule has 0 aliphatic heterocycles. The van der Waals surface area contributed by atoms with Crippen molar-refractivity contribution in [3.8, 4) is 0 Å². The summed E-state index contributed by atoms with van der Waals surface area (Å²) in [6.07, 6.45) is 0.849. The molecule has 1 atom stereocenters. The van der Waals surface area contributed by atoms with Gasteiger partial charge in [-0.15, -0.1) is 0 Å². The van der Waals surface area contributed by atoms with Gasteiger partial charge in [-0.3, -0.25) is 4.79 Å². The van der Waals surface area contributed by atoms with Crippen LogP contribution in [0.1, 0.15) is 54.9 Å². The molecule has 20 heavy (non-hydrogen) atoms. The third-order valence-corrected chi connectivity index (χ3v) is 4.07. The van der Waals surface area contributed by atoms with Crippen LogP contribution >= 0.6 is 0 Å². The van der Waals surface area contributed by atoms with Crippen molar-refractivity contribution in [3.63, 3.8) is 0 Å². The van der Waals surface area contributed by atoms with Gasteiger partial charge in [0.1, 0.15) is 0 Å². The van der Waals surface area contributed by atoms with Crippen LogP contribution in [-0.2, 0) is 4.79 Å². The number of para-hydroxylation sites is 1. The van der Waals surface area contributed by atoms with Gasteiger partial charge >= 0.3 is 0 Å². The Labute approximate surface area is 124 Å². The Hall–Kier alpha value is -1.31. The molecule has 0 aliphatic carbocycles. The average Bonchev–Trinajstić information content (AvgIpc) is 2.26. The summed E-state index contributed by atoms with van der Waals surface area (Å²) in [5, 5.41) is 3.07. The molecule has 0 saturated carbocycles. The monoisotopic (exact) mass is 275 g/mol. The first-order chi connectivity index (χ1) is 8.96. The molecular formula is C18H29NO. The Morgan fingerprint density at radius 1 is 0.950 bits per heavy atom. The zero-order valence-corrected chi connectivity index (χ0v) is 14.0. The molecule has 0 bridgehead atoms. The number of anilines is 1. The highest BCUT2D eigenvalue weighted by Gasteiger charge is 2.46. The summed E-state index contributed by atoms with van der Waals surface area (Å²) in [7, 11) is 0. The number of rotatable bonds is 3. The first-order valence-electron chi connectivity index (χ1n) is 7.32. The van der Waals surface area contributed by atoms with Crippen molar-refractivity contribution in [1.29, 1.82) is 0 Å². The molecule has 1 aromatic carbocycles. The quantitative estimate of drug-likeness (QED) is 0.815. The smallest absolute Gasteiger partial charge is 0.230 e. The van der Waals surface area contributed by atoms with Gasteiger partial charge in [-0.05, 0) is 29.4 Å². The predicted molar refractivity (Wildman–Crippen MR) is 86.7 cm³/mol. The predicted octanol–water partition coefficient (Wildman–Crippen LogP) is 5.11. The van der Waals surface area contributed by atoms with Crippen LogP contribution in [0.2, 0.25) is 0 Å². The zero-order chi connectivity index (χ0) is 15.6. The van der Waals surface area contributed by atoms with E-state index in [1.165, 1.54) is 0 Å². The van der Waals surface area contributed by atoms with Crippen molar-refractivity contribution >= 4 is 11.6 Å². The Morgan fingerprint density at radius 2 is 1.45 bits per heavy atom. The van der Waals surface area contributed by atoms with E-state index in [1.54, 1.807) is 0 Å². The molecular weight excluding hydrogens is 246 g/mol. The minimum absolute atomic E-state index is 0.0981. The molecule has 0 radical (unpaired) electrons. The first kappa shape index (κ1) is 16.7. The third kappa shape index (κ3) is 4.09. The van der Waals surface area contributed by atoms with Crippen LogP contribution in [0.25, 0.3) is 0 Å². The van der Waals surface area contributed by atoms with Gasteiger partial charge in [0, 0.05) is 5.69 Å². The lowest BCUT2D eigenvalue weighted by Gasteiger charge is -2.44. The van der Waals surface area contributed by atoms with Crippen molar-refractivity contribution in [2.75, 3.05) is 5.32 Å². The van der Waals surface area contributed by atoms with E-state index < -0.39 is 5.41 Å². The minimum Gasteiger partial charge on any atom is -0.326 e.